The summed E-state index contributed by atoms with van der Waals surface area (Å²) in [6.45, 7) is 1.86. The second kappa shape index (κ2) is 6.07. The van der Waals surface area contributed by atoms with E-state index in [0.29, 0.717) is 5.56 Å². The number of non-ortho nitro benzene ring substituents is 1. The number of ketones is 1. The first-order valence-electron chi connectivity index (χ1n) is 6.37. The van der Waals surface area contributed by atoms with Crippen molar-refractivity contribution in [3.05, 3.63) is 69.8 Å². The number of Topliss-reactive ketones (excluding diaryl/α,β-unsaturated/α-hetero) is 1. The van der Waals surface area contributed by atoms with E-state index in [1.165, 1.54) is 0 Å². The van der Waals surface area contributed by atoms with Crippen LogP contribution in [0.15, 0.2) is 53.4 Å². The molecule has 0 heterocycles. The van der Waals surface area contributed by atoms with Gasteiger partial charge in [0.05, 0.1) is 9.82 Å². The van der Waals surface area contributed by atoms with Gasteiger partial charge in [-0.25, -0.2) is 8.42 Å². The average Bonchev–Trinajstić information content (AvgIpc) is 2.47. The molecule has 0 fully saturated rings. The molecule has 0 atom stereocenters. The zero-order valence-corrected chi connectivity index (χ0v) is 12.5. The predicted octanol–water partition coefficient (Wildman–Crippen LogP) is 2.56. The average molecular weight is 319 g/mol. The van der Waals surface area contributed by atoms with E-state index >= 15 is 0 Å². The summed E-state index contributed by atoms with van der Waals surface area (Å²) in [5, 5.41) is 10.6. The molecule has 0 saturated heterocycles. The molecule has 0 radical (unpaired) electrons. The van der Waals surface area contributed by atoms with E-state index in [-0.39, 0.29) is 10.6 Å². The van der Waals surface area contributed by atoms with Crippen LogP contribution in [-0.2, 0) is 9.84 Å². The van der Waals surface area contributed by atoms with Crippen molar-refractivity contribution in [1.29, 1.82) is 0 Å². The van der Waals surface area contributed by atoms with Crippen LogP contribution in [0.2, 0.25) is 0 Å². The van der Waals surface area contributed by atoms with E-state index in [4.69, 9.17) is 0 Å². The number of hydrogen-bond donors (Lipinski definition) is 0. The van der Waals surface area contributed by atoms with Gasteiger partial charge in [0.15, 0.2) is 15.6 Å². The first-order chi connectivity index (χ1) is 10.3. The number of sulfone groups is 1. The third-order valence-corrected chi connectivity index (χ3v) is 4.73. The molecule has 22 heavy (non-hydrogen) atoms. The highest BCUT2D eigenvalue weighted by Gasteiger charge is 2.21. The van der Waals surface area contributed by atoms with Crippen molar-refractivity contribution in [1.82, 2.24) is 0 Å². The molecule has 0 bridgehead atoms. The van der Waals surface area contributed by atoms with Crippen molar-refractivity contribution >= 4 is 21.3 Å². The molecule has 7 heteroatoms. The van der Waals surface area contributed by atoms with Gasteiger partial charge in [0.25, 0.3) is 5.69 Å². The molecule has 114 valence electrons. The van der Waals surface area contributed by atoms with E-state index in [1.807, 2.05) is 6.92 Å². The lowest BCUT2D eigenvalue weighted by molar-refractivity contribution is -0.384. The van der Waals surface area contributed by atoms with E-state index in [1.54, 1.807) is 24.3 Å². The van der Waals surface area contributed by atoms with Crippen molar-refractivity contribution in [2.75, 3.05) is 5.75 Å². The molecular formula is C15H13NO5S. The Hall–Kier alpha value is -2.54. The highest BCUT2D eigenvalue weighted by molar-refractivity contribution is 7.92. The molecule has 0 saturated carbocycles. The van der Waals surface area contributed by atoms with Gasteiger partial charge in [0, 0.05) is 17.7 Å². The normalized spacial score (nSPS) is 11.1. The van der Waals surface area contributed by atoms with Gasteiger partial charge in [-0.3, -0.25) is 14.9 Å². The van der Waals surface area contributed by atoms with Gasteiger partial charge >= 0.3 is 0 Å². The summed E-state index contributed by atoms with van der Waals surface area (Å²) >= 11 is 0. The zero-order valence-electron chi connectivity index (χ0n) is 11.7. The van der Waals surface area contributed by atoms with Crippen LogP contribution in [0, 0.1) is 17.0 Å². The van der Waals surface area contributed by atoms with E-state index in [0.717, 1.165) is 29.8 Å². The number of aryl methyl sites for hydroxylation is 1. The maximum absolute atomic E-state index is 12.2. The first kappa shape index (κ1) is 15.8. The molecule has 2 aromatic carbocycles. The first-order valence-corrected chi connectivity index (χ1v) is 8.02. The second-order valence-corrected chi connectivity index (χ2v) is 6.79. The number of nitro benzene ring substituents is 1. The van der Waals surface area contributed by atoms with Gasteiger partial charge in [-0.05, 0) is 19.1 Å². The largest absolute Gasteiger partial charge is 0.293 e. The molecule has 0 aliphatic rings. The Balaban J connectivity index is 2.21. The fraction of sp³-hybridized carbons (Fsp3) is 0.133. The van der Waals surface area contributed by atoms with Crippen LogP contribution in [0.3, 0.4) is 0 Å². The van der Waals surface area contributed by atoms with Gasteiger partial charge in [-0.15, -0.1) is 0 Å². The summed E-state index contributed by atoms with van der Waals surface area (Å²) in [4.78, 5) is 21.9. The Morgan fingerprint density at radius 1 is 1.05 bits per heavy atom. The molecule has 6 nitrogen and oxygen atoms in total. The third kappa shape index (κ3) is 3.56. The molecule has 0 aromatic heterocycles. The molecule has 2 rings (SSSR count). The summed E-state index contributed by atoms with van der Waals surface area (Å²) in [5.41, 5.74) is 1.08. The summed E-state index contributed by atoms with van der Waals surface area (Å²) in [6, 6.07) is 11.1. The molecular weight excluding hydrogens is 306 g/mol. The van der Waals surface area contributed by atoms with Gasteiger partial charge in [0.2, 0.25) is 0 Å². The summed E-state index contributed by atoms with van der Waals surface area (Å²) < 4.78 is 24.3. The smallest absolute Gasteiger partial charge is 0.269 e. The van der Waals surface area contributed by atoms with Gasteiger partial charge in [-0.2, -0.15) is 0 Å². The van der Waals surface area contributed by atoms with Crippen molar-refractivity contribution < 1.29 is 18.1 Å². The number of rotatable bonds is 5. The minimum absolute atomic E-state index is 0.112. The number of nitro groups is 1. The highest BCUT2D eigenvalue weighted by Crippen LogP contribution is 2.18. The third-order valence-electron chi connectivity index (χ3n) is 3.10. The topological polar surface area (TPSA) is 94.3 Å². The Morgan fingerprint density at radius 3 is 2.09 bits per heavy atom. The number of nitrogens with zero attached hydrogens (tertiary/aromatic N) is 1. The minimum Gasteiger partial charge on any atom is -0.293 e. The van der Waals surface area contributed by atoms with Crippen LogP contribution in [0.25, 0.3) is 0 Å². The number of benzene rings is 2. The summed E-state index contributed by atoms with van der Waals surface area (Å²) in [6.07, 6.45) is 0. The number of carbonyl (C=O) groups is 1. The number of hydrogen-bond acceptors (Lipinski definition) is 5. The fourth-order valence-electron chi connectivity index (χ4n) is 1.85. The predicted molar refractivity (Wildman–Crippen MR) is 80.7 cm³/mol. The van der Waals surface area contributed by atoms with Crippen molar-refractivity contribution in [3.8, 4) is 0 Å². The maximum atomic E-state index is 12.2. The van der Waals surface area contributed by atoms with Gasteiger partial charge in [0.1, 0.15) is 5.75 Å². The molecule has 0 unspecified atom stereocenters. The van der Waals surface area contributed by atoms with Gasteiger partial charge < -0.3 is 0 Å². The van der Waals surface area contributed by atoms with Crippen molar-refractivity contribution in [2.45, 2.75) is 11.8 Å². The molecule has 0 spiro atoms. The second-order valence-electron chi connectivity index (χ2n) is 4.80. The minimum atomic E-state index is -3.83. The molecule has 0 amide bonds. The van der Waals surface area contributed by atoms with Crippen LogP contribution < -0.4 is 0 Å². The van der Waals surface area contributed by atoms with E-state index in [2.05, 4.69) is 0 Å². The lowest BCUT2D eigenvalue weighted by Gasteiger charge is -2.04. The van der Waals surface area contributed by atoms with Crippen molar-refractivity contribution in [2.24, 2.45) is 0 Å². The van der Waals surface area contributed by atoms with E-state index < -0.39 is 26.3 Å². The lowest BCUT2D eigenvalue weighted by atomic mass is 10.1. The Labute approximate surface area is 127 Å². The SMILES string of the molecule is Cc1ccc(C(=O)CS(=O)(=O)c2ccc([N+](=O)[O-])cc2)cc1. The Bertz CT molecular complexity index is 808. The quantitative estimate of drug-likeness (QED) is 0.479. The van der Waals surface area contributed by atoms with Crippen LogP contribution in [0.4, 0.5) is 5.69 Å². The van der Waals surface area contributed by atoms with Crippen LogP contribution in [0.5, 0.6) is 0 Å². The zero-order chi connectivity index (χ0) is 16.3. The molecule has 2 aromatic rings. The highest BCUT2D eigenvalue weighted by atomic mass is 32.2. The van der Waals surface area contributed by atoms with Crippen LogP contribution in [-0.4, -0.2) is 24.9 Å². The van der Waals surface area contributed by atoms with Crippen LogP contribution >= 0.6 is 0 Å². The molecule has 0 aliphatic carbocycles. The lowest BCUT2D eigenvalue weighted by Crippen LogP contribution is -2.16. The van der Waals surface area contributed by atoms with Crippen molar-refractivity contribution in [3.63, 3.8) is 0 Å². The Morgan fingerprint density at radius 2 is 1.59 bits per heavy atom. The summed E-state index contributed by atoms with van der Waals surface area (Å²) in [7, 11) is -3.83. The monoisotopic (exact) mass is 319 g/mol. The number of carbonyl (C=O) groups excluding carboxylic acids is 1. The fourth-order valence-corrected chi connectivity index (χ4v) is 3.08. The van der Waals surface area contributed by atoms with E-state index in [9.17, 15) is 23.3 Å². The molecule has 0 aliphatic heterocycles. The standard InChI is InChI=1S/C15H13NO5S/c1-11-2-4-12(5-3-11)15(17)10-22(20,21)14-8-6-13(7-9-14)16(18)19/h2-9H,10H2,1H3. The summed E-state index contributed by atoms with van der Waals surface area (Å²) in [5.74, 6) is -1.19. The Kier molecular flexibility index (Phi) is 4.37. The van der Waals surface area contributed by atoms with Crippen LogP contribution in [0.1, 0.15) is 15.9 Å². The molecule has 0 N–H and O–H groups in total. The van der Waals surface area contributed by atoms with Gasteiger partial charge in [-0.1, -0.05) is 29.8 Å². The maximum Gasteiger partial charge on any atom is 0.269 e.